The van der Waals surface area contributed by atoms with Crippen LogP contribution in [0.1, 0.15) is 24.8 Å². The summed E-state index contributed by atoms with van der Waals surface area (Å²) in [4.78, 5) is 2.57. The number of nitrogens with one attached hydrogen (secondary N) is 1. The highest BCUT2D eigenvalue weighted by atomic mass is 35.5. The Balaban J connectivity index is 0.00000120. The Morgan fingerprint density at radius 1 is 1.11 bits per heavy atom. The molecule has 2 saturated heterocycles. The van der Waals surface area contributed by atoms with Crippen LogP contribution in [0.5, 0.6) is 0 Å². The van der Waals surface area contributed by atoms with Gasteiger partial charge in [0.15, 0.2) is 0 Å². The molecule has 1 aromatic rings. The van der Waals surface area contributed by atoms with E-state index in [2.05, 4.69) is 22.3 Å². The zero-order valence-corrected chi connectivity index (χ0v) is 12.0. The third kappa shape index (κ3) is 3.39. The van der Waals surface area contributed by atoms with Crippen molar-refractivity contribution in [3.63, 3.8) is 0 Å². The standard InChI is InChI=1S/C14H19ClN2.ClH/c15-12-3-1-11(2-4-12)9-17-8-7-13-5-6-14(10-17)16-13;/h1-4,13-14,16H,5-10H2;1H. The molecular weight excluding hydrogens is 267 g/mol. The highest BCUT2D eigenvalue weighted by molar-refractivity contribution is 6.30. The average Bonchev–Trinajstić information content (AvgIpc) is 2.66. The maximum atomic E-state index is 5.91. The first-order valence-electron chi connectivity index (χ1n) is 6.52. The maximum absolute atomic E-state index is 5.91. The molecule has 2 fully saturated rings. The van der Waals surface area contributed by atoms with Crippen LogP contribution >= 0.6 is 24.0 Å². The van der Waals surface area contributed by atoms with E-state index < -0.39 is 0 Å². The van der Waals surface area contributed by atoms with Gasteiger partial charge in [-0.15, -0.1) is 12.4 Å². The van der Waals surface area contributed by atoms with Crippen molar-refractivity contribution in [1.82, 2.24) is 10.2 Å². The van der Waals surface area contributed by atoms with Crippen molar-refractivity contribution in [1.29, 1.82) is 0 Å². The molecule has 0 radical (unpaired) electrons. The summed E-state index contributed by atoms with van der Waals surface area (Å²) in [6, 6.07) is 9.74. The van der Waals surface area contributed by atoms with Gasteiger partial charge in [-0.05, 0) is 37.0 Å². The van der Waals surface area contributed by atoms with Crippen LogP contribution in [0.2, 0.25) is 5.02 Å². The Bertz CT molecular complexity index is 380. The first-order chi connectivity index (χ1) is 8.29. The smallest absolute Gasteiger partial charge is 0.0406 e. The Morgan fingerprint density at radius 2 is 1.83 bits per heavy atom. The Labute approximate surface area is 120 Å². The predicted molar refractivity (Wildman–Crippen MR) is 78.5 cm³/mol. The molecule has 2 aliphatic rings. The van der Waals surface area contributed by atoms with E-state index in [1.807, 2.05) is 12.1 Å². The third-order valence-electron chi connectivity index (χ3n) is 3.93. The van der Waals surface area contributed by atoms with Crippen LogP contribution in [0, 0.1) is 0 Å². The number of halogens is 2. The second-order valence-corrected chi connectivity index (χ2v) is 5.72. The van der Waals surface area contributed by atoms with Gasteiger partial charge in [-0.25, -0.2) is 0 Å². The summed E-state index contributed by atoms with van der Waals surface area (Å²) < 4.78 is 0. The zero-order valence-electron chi connectivity index (χ0n) is 10.4. The van der Waals surface area contributed by atoms with E-state index in [0.29, 0.717) is 0 Å². The lowest BCUT2D eigenvalue weighted by molar-refractivity contribution is 0.251. The molecule has 0 aliphatic carbocycles. The van der Waals surface area contributed by atoms with Gasteiger partial charge in [0.25, 0.3) is 0 Å². The fraction of sp³-hybridized carbons (Fsp3) is 0.571. The quantitative estimate of drug-likeness (QED) is 0.899. The molecule has 18 heavy (non-hydrogen) atoms. The maximum Gasteiger partial charge on any atom is 0.0406 e. The van der Waals surface area contributed by atoms with Gasteiger partial charge in [0, 0.05) is 36.7 Å². The number of hydrogen-bond donors (Lipinski definition) is 1. The Kier molecular flexibility index (Phi) is 4.91. The molecule has 100 valence electrons. The van der Waals surface area contributed by atoms with Crippen LogP contribution < -0.4 is 5.32 Å². The molecular formula is C14H20Cl2N2. The Hall–Kier alpha value is -0.280. The van der Waals surface area contributed by atoms with Crippen molar-refractivity contribution in [3.05, 3.63) is 34.9 Å². The van der Waals surface area contributed by atoms with Crippen LogP contribution in [0.3, 0.4) is 0 Å². The van der Waals surface area contributed by atoms with Gasteiger partial charge in [0.1, 0.15) is 0 Å². The van der Waals surface area contributed by atoms with Gasteiger partial charge in [-0.1, -0.05) is 23.7 Å². The molecule has 2 bridgehead atoms. The number of nitrogens with zero attached hydrogens (tertiary/aromatic N) is 1. The van der Waals surface area contributed by atoms with Crippen molar-refractivity contribution >= 4 is 24.0 Å². The van der Waals surface area contributed by atoms with Crippen LogP contribution in [-0.4, -0.2) is 30.1 Å². The number of hydrogen-bond acceptors (Lipinski definition) is 2. The fourth-order valence-electron chi connectivity index (χ4n) is 3.01. The summed E-state index contributed by atoms with van der Waals surface area (Å²) >= 11 is 5.91. The summed E-state index contributed by atoms with van der Waals surface area (Å²) in [7, 11) is 0. The van der Waals surface area contributed by atoms with Crippen LogP contribution in [0.15, 0.2) is 24.3 Å². The zero-order chi connectivity index (χ0) is 11.7. The first kappa shape index (κ1) is 14.1. The lowest BCUT2D eigenvalue weighted by atomic mass is 10.1. The fourth-order valence-corrected chi connectivity index (χ4v) is 3.13. The van der Waals surface area contributed by atoms with E-state index in [0.717, 1.165) is 23.7 Å². The molecule has 2 unspecified atom stereocenters. The average molecular weight is 287 g/mol. The molecule has 1 N–H and O–H groups in total. The van der Waals surface area contributed by atoms with Gasteiger partial charge in [0.2, 0.25) is 0 Å². The Morgan fingerprint density at radius 3 is 2.61 bits per heavy atom. The molecule has 3 rings (SSSR count). The first-order valence-corrected chi connectivity index (χ1v) is 6.90. The molecule has 0 amide bonds. The molecule has 2 atom stereocenters. The molecule has 0 spiro atoms. The molecule has 2 aliphatic heterocycles. The third-order valence-corrected chi connectivity index (χ3v) is 4.18. The summed E-state index contributed by atoms with van der Waals surface area (Å²) in [6.07, 6.45) is 4.02. The van der Waals surface area contributed by atoms with E-state index >= 15 is 0 Å². The van der Waals surface area contributed by atoms with Gasteiger partial charge in [-0.2, -0.15) is 0 Å². The van der Waals surface area contributed by atoms with Crippen LogP contribution in [-0.2, 0) is 6.54 Å². The number of likely N-dealkylation sites (tertiary alicyclic amines) is 1. The van der Waals surface area contributed by atoms with Crippen molar-refractivity contribution in [2.24, 2.45) is 0 Å². The molecule has 1 aromatic carbocycles. The van der Waals surface area contributed by atoms with E-state index in [4.69, 9.17) is 11.6 Å². The highest BCUT2D eigenvalue weighted by Gasteiger charge is 2.28. The van der Waals surface area contributed by atoms with Crippen molar-refractivity contribution in [2.75, 3.05) is 13.1 Å². The molecule has 2 nitrogen and oxygen atoms in total. The minimum absolute atomic E-state index is 0. The predicted octanol–water partition coefficient (Wildman–Crippen LogP) is 3.09. The monoisotopic (exact) mass is 286 g/mol. The summed E-state index contributed by atoms with van der Waals surface area (Å²) in [6.45, 7) is 3.47. The summed E-state index contributed by atoms with van der Waals surface area (Å²) in [5.74, 6) is 0. The van der Waals surface area contributed by atoms with Crippen molar-refractivity contribution < 1.29 is 0 Å². The van der Waals surface area contributed by atoms with Gasteiger partial charge >= 0.3 is 0 Å². The van der Waals surface area contributed by atoms with E-state index in [1.165, 1.54) is 37.9 Å². The lowest BCUT2D eigenvalue weighted by Gasteiger charge is -2.23. The SMILES string of the molecule is Cl.Clc1ccc(CN2CCC3CCC(C2)N3)cc1. The number of rotatable bonds is 2. The summed E-state index contributed by atoms with van der Waals surface area (Å²) in [5.41, 5.74) is 1.37. The molecule has 2 heterocycles. The van der Waals surface area contributed by atoms with E-state index in [-0.39, 0.29) is 12.4 Å². The number of fused-ring (bicyclic) bond motifs is 2. The van der Waals surface area contributed by atoms with Gasteiger partial charge < -0.3 is 5.32 Å². The summed E-state index contributed by atoms with van der Waals surface area (Å²) in [5, 5.41) is 4.54. The minimum Gasteiger partial charge on any atom is -0.310 e. The molecule has 0 aromatic heterocycles. The molecule has 4 heteroatoms. The highest BCUT2D eigenvalue weighted by Crippen LogP contribution is 2.21. The number of benzene rings is 1. The largest absolute Gasteiger partial charge is 0.310 e. The van der Waals surface area contributed by atoms with Crippen LogP contribution in [0.4, 0.5) is 0 Å². The second kappa shape index (κ2) is 6.25. The van der Waals surface area contributed by atoms with E-state index in [1.54, 1.807) is 0 Å². The van der Waals surface area contributed by atoms with Crippen LogP contribution in [0.25, 0.3) is 0 Å². The lowest BCUT2D eigenvalue weighted by Crippen LogP contribution is -2.34. The topological polar surface area (TPSA) is 15.3 Å². The normalized spacial score (nSPS) is 27.6. The van der Waals surface area contributed by atoms with Gasteiger partial charge in [-0.3, -0.25) is 4.90 Å². The minimum atomic E-state index is 0. The van der Waals surface area contributed by atoms with Crippen molar-refractivity contribution in [3.8, 4) is 0 Å². The van der Waals surface area contributed by atoms with Crippen molar-refractivity contribution in [2.45, 2.75) is 37.9 Å². The molecule has 0 saturated carbocycles. The second-order valence-electron chi connectivity index (χ2n) is 5.29. The van der Waals surface area contributed by atoms with Gasteiger partial charge in [0.05, 0.1) is 0 Å². The van der Waals surface area contributed by atoms with E-state index in [9.17, 15) is 0 Å².